The summed E-state index contributed by atoms with van der Waals surface area (Å²) in [5.74, 6) is -0.427. The van der Waals surface area contributed by atoms with Crippen molar-refractivity contribution in [2.75, 3.05) is 19.9 Å². The quantitative estimate of drug-likeness (QED) is 0.443. The van der Waals surface area contributed by atoms with Gasteiger partial charge in [0, 0.05) is 18.9 Å². The van der Waals surface area contributed by atoms with E-state index in [-0.39, 0.29) is 11.6 Å². The predicted molar refractivity (Wildman–Crippen MR) is 104 cm³/mol. The Hall–Kier alpha value is -0.620. The first-order chi connectivity index (χ1) is 11.5. The molecule has 0 aromatic rings. The summed E-state index contributed by atoms with van der Waals surface area (Å²) in [6.45, 7) is 8.42. The van der Waals surface area contributed by atoms with Crippen LogP contribution in [0.2, 0.25) is 0 Å². The topological polar surface area (TPSA) is 41.5 Å². The normalized spacial score (nSPS) is 18.8. The van der Waals surface area contributed by atoms with E-state index in [2.05, 4.69) is 18.8 Å². The van der Waals surface area contributed by atoms with Crippen LogP contribution in [0.4, 0.5) is 4.39 Å². The van der Waals surface area contributed by atoms with Gasteiger partial charge in [0.2, 0.25) is 0 Å². The summed E-state index contributed by atoms with van der Waals surface area (Å²) in [4.78, 5) is 0. The van der Waals surface area contributed by atoms with Gasteiger partial charge in [-0.1, -0.05) is 44.9 Å². The first-order valence-electron chi connectivity index (χ1n) is 8.65. The van der Waals surface area contributed by atoms with Gasteiger partial charge < -0.3 is 14.6 Å². The first kappa shape index (κ1) is 23.4. The molecule has 1 atom stereocenters. The highest BCUT2D eigenvalue weighted by atomic mass is 32.2. The summed E-state index contributed by atoms with van der Waals surface area (Å²) in [5, 5.41) is 3.72. The highest BCUT2D eigenvalue weighted by Gasteiger charge is 2.40. The van der Waals surface area contributed by atoms with Gasteiger partial charge in [-0.05, 0) is 56.4 Å². The maximum Gasteiger partial charge on any atom is 0.116 e. The monoisotopic (exact) mass is 359 g/mol. The standard InChI is InChI=1S/C18H30FNO.CH4OS/c1-5-14-20-18(12-8-7-9-13-18)17(21-4)16(6-2)11-10-15(3)19;1-3-2/h6,10-11,17,20H,3,5,7-9,12-14H2,1-2,4H3;2H,1H3/b11-10-,16-6+;. The van der Waals surface area contributed by atoms with Crippen LogP contribution < -0.4 is 5.32 Å². The molecule has 0 radical (unpaired) electrons. The first-order valence-corrected chi connectivity index (χ1v) is 9.83. The Morgan fingerprint density at radius 1 is 1.38 bits per heavy atom. The summed E-state index contributed by atoms with van der Waals surface area (Å²) < 4.78 is 26.3. The fourth-order valence-corrected chi connectivity index (χ4v) is 3.29. The number of halogens is 1. The van der Waals surface area contributed by atoms with E-state index in [1.54, 1.807) is 19.4 Å². The van der Waals surface area contributed by atoms with Gasteiger partial charge in [-0.2, -0.15) is 0 Å². The summed E-state index contributed by atoms with van der Waals surface area (Å²) in [5.41, 5.74) is 0.981. The van der Waals surface area contributed by atoms with Crippen molar-refractivity contribution in [2.24, 2.45) is 0 Å². The number of rotatable bonds is 8. The van der Waals surface area contributed by atoms with E-state index in [4.69, 9.17) is 9.29 Å². The van der Waals surface area contributed by atoms with E-state index in [1.165, 1.54) is 25.3 Å². The lowest BCUT2D eigenvalue weighted by Gasteiger charge is -2.44. The van der Waals surface area contributed by atoms with Crippen molar-refractivity contribution in [1.29, 1.82) is 0 Å². The molecular weight excluding hydrogens is 325 g/mol. The zero-order valence-corrected chi connectivity index (χ0v) is 16.4. The van der Waals surface area contributed by atoms with Crippen molar-refractivity contribution >= 4 is 12.0 Å². The lowest BCUT2D eigenvalue weighted by Crippen LogP contribution is -2.57. The lowest BCUT2D eigenvalue weighted by atomic mass is 9.74. The van der Waals surface area contributed by atoms with Gasteiger partial charge in [0.15, 0.2) is 0 Å². The molecular formula is C19H34FNO2S. The predicted octanol–water partition coefficient (Wildman–Crippen LogP) is 5.51. The van der Waals surface area contributed by atoms with Crippen LogP contribution >= 0.6 is 12.0 Å². The van der Waals surface area contributed by atoms with Gasteiger partial charge in [0.05, 0.1) is 6.10 Å². The molecule has 0 spiro atoms. The van der Waals surface area contributed by atoms with Crippen molar-refractivity contribution < 1.29 is 13.7 Å². The Morgan fingerprint density at radius 3 is 2.38 bits per heavy atom. The molecule has 0 aliphatic heterocycles. The maximum absolute atomic E-state index is 12.9. The SMILES string of the molecule is C=C(F)/C=C\C(=C/C)C(OC)C1(NCCC)CCCCC1.CSO. The Labute approximate surface area is 151 Å². The van der Waals surface area contributed by atoms with Crippen LogP contribution in [-0.4, -0.2) is 36.1 Å². The van der Waals surface area contributed by atoms with Crippen LogP contribution in [0, 0.1) is 0 Å². The van der Waals surface area contributed by atoms with Crippen LogP contribution in [0.3, 0.4) is 0 Å². The molecule has 1 saturated carbocycles. The zero-order chi connectivity index (χ0) is 18.4. The molecule has 0 saturated heterocycles. The Bertz CT molecular complexity index is 404. The highest BCUT2D eigenvalue weighted by molar-refractivity contribution is 7.93. The van der Waals surface area contributed by atoms with Crippen molar-refractivity contribution in [1.82, 2.24) is 5.32 Å². The van der Waals surface area contributed by atoms with Crippen molar-refractivity contribution in [2.45, 2.75) is 64.0 Å². The van der Waals surface area contributed by atoms with E-state index in [0.717, 1.165) is 43.4 Å². The third kappa shape index (κ3) is 7.97. The minimum atomic E-state index is -0.427. The lowest BCUT2D eigenvalue weighted by molar-refractivity contribution is 0.0233. The van der Waals surface area contributed by atoms with Crippen molar-refractivity contribution in [3.63, 3.8) is 0 Å². The van der Waals surface area contributed by atoms with Crippen molar-refractivity contribution in [3.05, 3.63) is 36.2 Å². The molecule has 1 unspecified atom stereocenters. The van der Waals surface area contributed by atoms with E-state index >= 15 is 0 Å². The van der Waals surface area contributed by atoms with Gasteiger partial charge in [-0.3, -0.25) is 0 Å². The fourth-order valence-electron chi connectivity index (χ4n) is 3.29. The zero-order valence-electron chi connectivity index (χ0n) is 15.6. The number of methoxy groups -OCH3 is 1. The average Bonchev–Trinajstić information content (AvgIpc) is 2.58. The van der Waals surface area contributed by atoms with Gasteiger partial charge >= 0.3 is 0 Å². The second-order valence-corrected chi connectivity index (χ2v) is 6.38. The van der Waals surface area contributed by atoms with Crippen LogP contribution in [0.5, 0.6) is 0 Å². The van der Waals surface area contributed by atoms with Crippen LogP contribution in [0.1, 0.15) is 52.4 Å². The summed E-state index contributed by atoms with van der Waals surface area (Å²) in [6, 6.07) is 0. The highest BCUT2D eigenvalue weighted by Crippen LogP contribution is 2.36. The maximum atomic E-state index is 12.9. The Kier molecular flexibility index (Phi) is 13.3. The van der Waals surface area contributed by atoms with Gasteiger partial charge in [0.25, 0.3) is 0 Å². The van der Waals surface area contributed by atoms with Crippen LogP contribution in [0.25, 0.3) is 0 Å². The molecule has 1 aliphatic carbocycles. The largest absolute Gasteiger partial charge is 0.375 e. The van der Waals surface area contributed by atoms with Gasteiger partial charge in [-0.25, -0.2) is 4.39 Å². The molecule has 1 rings (SSSR count). The second-order valence-electron chi connectivity index (χ2n) is 6.01. The Morgan fingerprint density at radius 2 is 1.96 bits per heavy atom. The summed E-state index contributed by atoms with van der Waals surface area (Å²) in [6.07, 6.45) is 13.8. The molecule has 24 heavy (non-hydrogen) atoms. The second kappa shape index (κ2) is 13.6. The molecule has 0 aromatic carbocycles. The van der Waals surface area contributed by atoms with E-state index in [9.17, 15) is 4.39 Å². The number of hydrogen-bond acceptors (Lipinski definition) is 4. The number of nitrogens with one attached hydrogen (secondary N) is 1. The van der Waals surface area contributed by atoms with E-state index < -0.39 is 5.83 Å². The third-order valence-corrected chi connectivity index (χ3v) is 4.30. The van der Waals surface area contributed by atoms with Gasteiger partial charge in [-0.15, -0.1) is 0 Å². The molecule has 2 N–H and O–H groups in total. The molecule has 0 heterocycles. The van der Waals surface area contributed by atoms with Gasteiger partial charge in [0.1, 0.15) is 5.83 Å². The summed E-state index contributed by atoms with van der Waals surface area (Å²) >= 11 is 0.750. The fraction of sp³-hybridized carbons (Fsp3) is 0.684. The van der Waals surface area contributed by atoms with Crippen LogP contribution in [-0.2, 0) is 4.74 Å². The molecule has 0 amide bonds. The van der Waals surface area contributed by atoms with Crippen LogP contribution in [0.15, 0.2) is 36.2 Å². The van der Waals surface area contributed by atoms with Crippen molar-refractivity contribution in [3.8, 4) is 0 Å². The molecule has 0 bridgehead atoms. The number of allylic oxidation sites excluding steroid dienone is 3. The Balaban J connectivity index is 0.00000163. The minimum absolute atomic E-state index is 0.0349. The smallest absolute Gasteiger partial charge is 0.116 e. The third-order valence-electron chi connectivity index (χ3n) is 4.30. The summed E-state index contributed by atoms with van der Waals surface area (Å²) in [7, 11) is 1.75. The number of hydrogen-bond donors (Lipinski definition) is 2. The molecule has 5 heteroatoms. The molecule has 1 aliphatic rings. The average molecular weight is 360 g/mol. The minimum Gasteiger partial charge on any atom is -0.375 e. The molecule has 1 fully saturated rings. The number of ether oxygens (including phenoxy) is 1. The molecule has 3 nitrogen and oxygen atoms in total. The van der Waals surface area contributed by atoms with E-state index in [1.807, 2.05) is 13.0 Å². The molecule has 140 valence electrons. The van der Waals surface area contributed by atoms with E-state index in [0.29, 0.717) is 0 Å². The molecule has 0 aromatic heterocycles.